The highest BCUT2D eigenvalue weighted by Crippen LogP contribution is 2.17. The Labute approximate surface area is 94.7 Å². The smallest absolute Gasteiger partial charge is 0.320 e. The molecule has 1 saturated carbocycles. The standard InChI is InChI=1S/C11H17NO4/c13-9-2-1-3-10(9)16-11(14)8-12-4-6-15-7-5-12/h10H,1-8H2. The van der Waals surface area contributed by atoms with E-state index in [1.54, 1.807) is 0 Å². The normalized spacial score (nSPS) is 27.0. The van der Waals surface area contributed by atoms with E-state index in [0.717, 1.165) is 19.5 Å². The molecule has 0 spiro atoms. The molecular formula is C11H17NO4. The molecule has 2 rings (SSSR count). The van der Waals surface area contributed by atoms with Crippen molar-refractivity contribution in [3.8, 4) is 0 Å². The van der Waals surface area contributed by atoms with E-state index in [9.17, 15) is 9.59 Å². The van der Waals surface area contributed by atoms with Crippen molar-refractivity contribution in [2.45, 2.75) is 25.4 Å². The molecule has 1 atom stereocenters. The highest BCUT2D eigenvalue weighted by Gasteiger charge is 2.28. The fourth-order valence-corrected chi connectivity index (χ4v) is 2.05. The van der Waals surface area contributed by atoms with E-state index in [1.165, 1.54) is 0 Å². The van der Waals surface area contributed by atoms with Gasteiger partial charge in [-0.3, -0.25) is 14.5 Å². The van der Waals surface area contributed by atoms with Crippen LogP contribution in [0.4, 0.5) is 0 Å². The van der Waals surface area contributed by atoms with Crippen LogP contribution in [0.1, 0.15) is 19.3 Å². The summed E-state index contributed by atoms with van der Waals surface area (Å²) in [5, 5.41) is 0. The number of rotatable bonds is 3. The molecule has 16 heavy (non-hydrogen) atoms. The molecule has 0 aromatic carbocycles. The summed E-state index contributed by atoms with van der Waals surface area (Å²) >= 11 is 0. The van der Waals surface area contributed by atoms with E-state index in [4.69, 9.17) is 9.47 Å². The van der Waals surface area contributed by atoms with Crippen molar-refractivity contribution >= 4 is 11.8 Å². The van der Waals surface area contributed by atoms with Crippen LogP contribution >= 0.6 is 0 Å². The highest BCUT2D eigenvalue weighted by molar-refractivity contribution is 5.87. The van der Waals surface area contributed by atoms with Gasteiger partial charge in [-0.05, 0) is 12.8 Å². The molecule has 1 unspecified atom stereocenters. The van der Waals surface area contributed by atoms with Gasteiger partial charge in [0.2, 0.25) is 0 Å². The Morgan fingerprint density at radius 2 is 2.19 bits per heavy atom. The van der Waals surface area contributed by atoms with Gasteiger partial charge in [0.25, 0.3) is 0 Å². The topological polar surface area (TPSA) is 55.8 Å². The van der Waals surface area contributed by atoms with Crippen LogP contribution in [0.25, 0.3) is 0 Å². The van der Waals surface area contributed by atoms with Crippen LogP contribution in [0.15, 0.2) is 0 Å². The molecule has 1 aliphatic heterocycles. The molecule has 2 fully saturated rings. The van der Waals surface area contributed by atoms with Crippen LogP contribution in [0.5, 0.6) is 0 Å². The summed E-state index contributed by atoms with van der Waals surface area (Å²) in [4.78, 5) is 24.8. The Morgan fingerprint density at radius 1 is 1.44 bits per heavy atom. The molecule has 5 heteroatoms. The van der Waals surface area contributed by atoms with Crippen molar-refractivity contribution in [2.24, 2.45) is 0 Å². The van der Waals surface area contributed by atoms with Gasteiger partial charge in [0.15, 0.2) is 11.9 Å². The molecule has 0 amide bonds. The van der Waals surface area contributed by atoms with Gasteiger partial charge < -0.3 is 9.47 Å². The van der Waals surface area contributed by atoms with Crippen LogP contribution in [0.3, 0.4) is 0 Å². The number of Topliss-reactive ketones (excluding diaryl/α,β-unsaturated/α-hetero) is 1. The molecule has 0 bridgehead atoms. The van der Waals surface area contributed by atoms with E-state index >= 15 is 0 Å². The minimum absolute atomic E-state index is 0.0651. The van der Waals surface area contributed by atoms with Crippen LogP contribution in [0, 0.1) is 0 Å². The van der Waals surface area contributed by atoms with Crippen molar-refractivity contribution in [3.63, 3.8) is 0 Å². The fourth-order valence-electron chi connectivity index (χ4n) is 2.05. The maximum atomic E-state index is 11.6. The molecule has 1 aliphatic carbocycles. The maximum Gasteiger partial charge on any atom is 0.320 e. The summed E-state index contributed by atoms with van der Waals surface area (Å²) in [6.07, 6.45) is 1.60. The highest BCUT2D eigenvalue weighted by atomic mass is 16.5. The van der Waals surface area contributed by atoms with Crippen molar-refractivity contribution in [2.75, 3.05) is 32.8 Å². The van der Waals surface area contributed by atoms with E-state index in [-0.39, 0.29) is 18.3 Å². The lowest BCUT2D eigenvalue weighted by Gasteiger charge is -2.25. The van der Waals surface area contributed by atoms with E-state index < -0.39 is 6.10 Å². The maximum absolute atomic E-state index is 11.6. The molecule has 90 valence electrons. The van der Waals surface area contributed by atoms with Gasteiger partial charge >= 0.3 is 5.97 Å². The summed E-state index contributed by atoms with van der Waals surface area (Å²) in [5.41, 5.74) is 0. The third kappa shape index (κ3) is 3.02. The second-order valence-electron chi connectivity index (χ2n) is 4.23. The van der Waals surface area contributed by atoms with Gasteiger partial charge in [0.1, 0.15) is 0 Å². The summed E-state index contributed by atoms with van der Waals surface area (Å²) in [6.45, 7) is 3.11. The lowest BCUT2D eigenvalue weighted by atomic mass is 10.3. The Morgan fingerprint density at radius 3 is 2.81 bits per heavy atom. The summed E-state index contributed by atoms with van der Waals surface area (Å²) in [5.74, 6) is -0.225. The van der Waals surface area contributed by atoms with Crippen LogP contribution < -0.4 is 0 Å². The minimum Gasteiger partial charge on any atom is -0.453 e. The number of morpholine rings is 1. The fraction of sp³-hybridized carbons (Fsp3) is 0.818. The summed E-state index contributed by atoms with van der Waals surface area (Å²) in [7, 11) is 0. The van der Waals surface area contributed by atoms with Crippen molar-refractivity contribution in [1.82, 2.24) is 4.90 Å². The molecule has 0 aromatic rings. The number of hydrogen-bond donors (Lipinski definition) is 0. The number of hydrogen-bond acceptors (Lipinski definition) is 5. The molecule has 0 N–H and O–H groups in total. The zero-order valence-electron chi connectivity index (χ0n) is 9.31. The number of esters is 1. The monoisotopic (exact) mass is 227 g/mol. The van der Waals surface area contributed by atoms with Gasteiger partial charge in [0.05, 0.1) is 19.8 Å². The molecule has 5 nitrogen and oxygen atoms in total. The molecule has 1 saturated heterocycles. The first-order valence-corrected chi connectivity index (χ1v) is 5.78. The predicted molar refractivity (Wildman–Crippen MR) is 56.0 cm³/mol. The molecule has 1 heterocycles. The summed E-state index contributed by atoms with van der Waals surface area (Å²) < 4.78 is 10.3. The van der Waals surface area contributed by atoms with Gasteiger partial charge in [0, 0.05) is 19.5 Å². The number of carbonyl (C=O) groups excluding carboxylic acids is 2. The Kier molecular flexibility index (Phi) is 3.90. The van der Waals surface area contributed by atoms with Gasteiger partial charge in [-0.2, -0.15) is 0 Å². The number of ketones is 1. The van der Waals surface area contributed by atoms with Crippen molar-refractivity contribution < 1.29 is 19.1 Å². The lowest BCUT2D eigenvalue weighted by molar-refractivity contribution is -0.155. The summed E-state index contributed by atoms with van der Waals surface area (Å²) in [6, 6.07) is 0. The minimum atomic E-state index is -0.478. The zero-order valence-corrected chi connectivity index (χ0v) is 9.31. The van der Waals surface area contributed by atoms with E-state index in [1.807, 2.05) is 4.90 Å². The third-order valence-corrected chi connectivity index (χ3v) is 2.98. The Bertz CT molecular complexity index is 273. The first kappa shape index (κ1) is 11.5. The number of carbonyl (C=O) groups is 2. The molecule has 2 aliphatic rings. The second kappa shape index (κ2) is 5.41. The second-order valence-corrected chi connectivity index (χ2v) is 4.23. The van der Waals surface area contributed by atoms with Gasteiger partial charge in [-0.25, -0.2) is 0 Å². The number of nitrogens with zero attached hydrogens (tertiary/aromatic N) is 1. The molecular weight excluding hydrogens is 210 g/mol. The van der Waals surface area contributed by atoms with Crippen molar-refractivity contribution in [3.05, 3.63) is 0 Å². The quantitative estimate of drug-likeness (QED) is 0.634. The van der Waals surface area contributed by atoms with Crippen LogP contribution in [-0.2, 0) is 19.1 Å². The third-order valence-electron chi connectivity index (χ3n) is 2.98. The van der Waals surface area contributed by atoms with Crippen LogP contribution in [0.2, 0.25) is 0 Å². The Balaban J connectivity index is 1.72. The molecule has 0 radical (unpaired) electrons. The molecule has 0 aromatic heterocycles. The lowest BCUT2D eigenvalue weighted by Crippen LogP contribution is -2.41. The Hall–Kier alpha value is -0.940. The first-order chi connectivity index (χ1) is 7.75. The first-order valence-electron chi connectivity index (χ1n) is 5.78. The van der Waals surface area contributed by atoms with E-state index in [2.05, 4.69) is 0 Å². The van der Waals surface area contributed by atoms with E-state index in [0.29, 0.717) is 26.1 Å². The van der Waals surface area contributed by atoms with Gasteiger partial charge in [-0.15, -0.1) is 0 Å². The number of ether oxygens (including phenoxy) is 2. The SMILES string of the molecule is O=C(CN1CCOCC1)OC1CCCC1=O. The van der Waals surface area contributed by atoms with Gasteiger partial charge in [-0.1, -0.05) is 0 Å². The largest absolute Gasteiger partial charge is 0.453 e. The zero-order chi connectivity index (χ0) is 11.4. The van der Waals surface area contributed by atoms with Crippen molar-refractivity contribution in [1.29, 1.82) is 0 Å². The predicted octanol–water partition coefficient (Wildman–Crippen LogP) is -0.0166. The average molecular weight is 227 g/mol. The average Bonchev–Trinajstić information content (AvgIpc) is 2.66. The van der Waals surface area contributed by atoms with Crippen LogP contribution in [-0.4, -0.2) is 55.6 Å².